The maximum absolute atomic E-state index is 13.5. The Bertz CT molecular complexity index is 799. The summed E-state index contributed by atoms with van der Waals surface area (Å²) in [6.45, 7) is 1.66. The molecule has 136 valence electrons. The highest BCUT2D eigenvalue weighted by Gasteiger charge is 2.32. The van der Waals surface area contributed by atoms with E-state index in [0.717, 1.165) is 19.2 Å². The lowest BCUT2D eigenvalue weighted by atomic mass is 9.78. The third-order valence-electron chi connectivity index (χ3n) is 5.61. The first-order valence-corrected chi connectivity index (χ1v) is 9.09. The summed E-state index contributed by atoms with van der Waals surface area (Å²) >= 11 is 0. The highest BCUT2D eigenvalue weighted by Crippen LogP contribution is 2.35. The zero-order valence-corrected chi connectivity index (χ0v) is 14.4. The molecule has 2 aliphatic rings. The first-order chi connectivity index (χ1) is 12.5. The summed E-state index contributed by atoms with van der Waals surface area (Å²) in [5.74, 6) is -1.80. The van der Waals surface area contributed by atoms with E-state index >= 15 is 0 Å². The molecule has 2 fully saturated rings. The largest absolute Gasteiger partial charge is 0.505 e. The predicted octanol–water partition coefficient (Wildman–Crippen LogP) is 4.60. The first-order valence-electron chi connectivity index (χ1n) is 9.09. The summed E-state index contributed by atoms with van der Waals surface area (Å²) in [7, 11) is 0. The molecule has 1 N–H and O–H groups in total. The van der Waals surface area contributed by atoms with Gasteiger partial charge in [-0.2, -0.15) is 4.39 Å². The molecule has 1 heterocycles. The van der Waals surface area contributed by atoms with Gasteiger partial charge < -0.3 is 10.0 Å². The molecule has 0 unspecified atom stereocenters. The van der Waals surface area contributed by atoms with Gasteiger partial charge in [-0.3, -0.25) is 4.79 Å². The lowest BCUT2D eigenvalue weighted by Gasteiger charge is -2.41. The Morgan fingerprint density at radius 1 is 1.00 bits per heavy atom. The Labute approximate surface area is 151 Å². The van der Waals surface area contributed by atoms with E-state index in [4.69, 9.17) is 0 Å². The zero-order chi connectivity index (χ0) is 18.3. The second-order valence-electron chi connectivity index (χ2n) is 7.48. The van der Waals surface area contributed by atoms with Crippen molar-refractivity contribution in [3.8, 4) is 16.9 Å². The van der Waals surface area contributed by atoms with Gasteiger partial charge >= 0.3 is 0 Å². The van der Waals surface area contributed by atoms with Crippen LogP contribution in [-0.4, -0.2) is 29.0 Å². The molecular weight excluding hydrogens is 336 g/mol. The van der Waals surface area contributed by atoms with Crippen LogP contribution in [0.2, 0.25) is 0 Å². The molecule has 0 aromatic heterocycles. The van der Waals surface area contributed by atoms with Crippen molar-refractivity contribution >= 4 is 5.91 Å². The number of carbonyl (C=O) groups excluding carboxylic acids is 1. The van der Waals surface area contributed by atoms with Crippen LogP contribution in [0.25, 0.3) is 11.1 Å². The predicted molar refractivity (Wildman–Crippen MR) is 94.8 cm³/mol. The Kier molecular flexibility index (Phi) is 4.39. The summed E-state index contributed by atoms with van der Waals surface area (Å²) < 4.78 is 26.7. The molecule has 2 aromatic rings. The van der Waals surface area contributed by atoms with Gasteiger partial charge in [-0.15, -0.1) is 0 Å². The van der Waals surface area contributed by atoms with Crippen molar-refractivity contribution < 1.29 is 18.7 Å². The van der Waals surface area contributed by atoms with Gasteiger partial charge in [0.1, 0.15) is 0 Å². The normalized spacial score (nSPS) is 22.3. The molecule has 1 saturated heterocycles. The van der Waals surface area contributed by atoms with Crippen molar-refractivity contribution in [2.45, 2.75) is 25.7 Å². The van der Waals surface area contributed by atoms with Crippen LogP contribution < -0.4 is 0 Å². The highest BCUT2D eigenvalue weighted by atomic mass is 19.2. The van der Waals surface area contributed by atoms with Crippen molar-refractivity contribution in [3.63, 3.8) is 0 Å². The first kappa shape index (κ1) is 17.0. The second-order valence-corrected chi connectivity index (χ2v) is 7.48. The fourth-order valence-corrected chi connectivity index (χ4v) is 4.33. The van der Waals surface area contributed by atoms with E-state index in [1.165, 1.54) is 31.7 Å². The van der Waals surface area contributed by atoms with Crippen molar-refractivity contribution in [2.75, 3.05) is 13.1 Å². The number of likely N-dealkylation sites (tertiary alicyclic amines) is 1. The second kappa shape index (κ2) is 6.71. The van der Waals surface area contributed by atoms with E-state index < -0.39 is 17.4 Å². The maximum atomic E-state index is 13.5. The molecule has 26 heavy (non-hydrogen) atoms. The molecule has 2 atom stereocenters. The van der Waals surface area contributed by atoms with Crippen LogP contribution in [-0.2, 0) is 0 Å². The molecule has 1 aliphatic carbocycles. The Morgan fingerprint density at radius 3 is 2.27 bits per heavy atom. The lowest BCUT2D eigenvalue weighted by Crippen LogP contribution is -2.45. The number of carbonyl (C=O) groups is 1. The number of amides is 1. The van der Waals surface area contributed by atoms with E-state index in [-0.39, 0.29) is 5.91 Å². The van der Waals surface area contributed by atoms with E-state index in [9.17, 15) is 18.7 Å². The van der Waals surface area contributed by atoms with Crippen LogP contribution in [0.3, 0.4) is 0 Å². The molecule has 2 bridgehead atoms. The summed E-state index contributed by atoms with van der Waals surface area (Å²) in [5.41, 5.74) is 1.58. The summed E-state index contributed by atoms with van der Waals surface area (Å²) in [5, 5.41) is 9.46. The van der Waals surface area contributed by atoms with Crippen molar-refractivity contribution in [2.24, 2.45) is 11.8 Å². The van der Waals surface area contributed by atoms with E-state index in [1.807, 2.05) is 4.90 Å². The summed E-state index contributed by atoms with van der Waals surface area (Å²) in [4.78, 5) is 14.8. The Hall–Kier alpha value is -2.43. The number of rotatable bonds is 2. The molecule has 1 aliphatic heterocycles. The van der Waals surface area contributed by atoms with Crippen LogP contribution in [0, 0.1) is 23.5 Å². The minimum Gasteiger partial charge on any atom is -0.505 e. The number of hydrogen-bond donors (Lipinski definition) is 1. The minimum atomic E-state index is -1.25. The number of fused-ring (bicyclic) bond motifs is 2. The number of halogens is 2. The molecule has 4 rings (SSSR count). The monoisotopic (exact) mass is 357 g/mol. The van der Waals surface area contributed by atoms with E-state index in [1.54, 1.807) is 24.3 Å². The highest BCUT2D eigenvalue weighted by molar-refractivity contribution is 5.94. The van der Waals surface area contributed by atoms with E-state index in [2.05, 4.69) is 0 Å². The fourth-order valence-electron chi connectivity index (χ4n) is 4.33. The lowest BCUT2D eigenvalue weighted by molar-refractivity contribution is 0.0504. The number of hydrogen-bond acceptors (Lipinski definition) is 2. The molecular formula is C21H21F2NO2. The van der Waals surface area contributed by atoms with Crippen LogP contribution in [0.4, 0.5) is 8.78 Å². The Morgan fingerprint density at radius 2 is 1.65 bits per heavy atom. The average Bonchev–Trinajstić information content (AvgIpc) is 2.65. The summed E-state index contributed by atoms with van der Waals surface area (Å²) in [6.07, 6.45) is 4.92. The van der Waals surface area contributed by atoms with Gasteiger partial charge in [0.05, 0.1) is 0 Å². The number of phenols is 1. The smallest absolute Gasteiger partial charge is 0.253 e. The third-order valence-corrected chi connectivity index (χ3v) is 5.61. The minimum absolute atomic E-state index is 0.0290. The molecule has 0 spiro atoms. The summed E-state index contributed by atoms with van der Waals surface area (Å²) in [6, 6.07) is 9.04. The van der Waals surface area contributed by atoms with Gasteiger partial charge in [0, 0.05) is 18.7 Å². The number of phenolic OH excluding ortho intramolecular Hbond substituents is 1. The standard InChI is InChI=1S/C21H21F2NO2/c22-18-9-17(10-19(25)20(18)23)15-4-6-16(7-5-15)21(26)24-11-13-2-1-3-14(8-13)12-24/h4-7,9-10,13-14,25H,1-3,8,11-12H2/t13-,14+. The molecule has 1 saturated carbocycles. The molecule has 5 heteroatoms. The third kappa shape index (κ3) is 3.18. The van der Waals surface area contributed by atoms with Crippen molar-refractivity contribution in [1.29, 1.82) is 0 Å². The number of nitrogens with zero attached hydrogens (tertiary/aromatic N) is 1. The zero-order valence-electron chi connectivity index (χ0n) is 14.4. The van der Waals surface area contributed by atoms with Crippen LogP contribution in [0.15, 0.2) is 36.4 Å². The average molecular weight is 357 g/mol. The molecule has 1 amide bonds. The van der Waals surface area contributed by atoms with Crippen molar-refractivity contribution in [1.82, 2.24) is 4.90 Å². The topological polar surface area (TPSA) is 40.5 Å². The van der Waals surface area contributed by atoms with Gasteiger partial charge in [0.15, 0.2) is 17.4 Å². The Balaban J connectivity index is 1.53. The van der Waals surface area contributed by atoms with Gasteiger partial charge in [0.2, 0.25) is 0 Å². The quantitative estimate of drug-likeness (QED) is 0.853. The van der Waals surface area contributed by atoms with Gasteiger partial charge in [-0.25, -0.2) is 4.39 Å². The van der Waals surface area contributed by atoms with E-state index in [0.29, 0.717) is 28.5 Å². The molecule has 2 aromatic carbocycles. The SMILES string of the molecule is O=C(c1ccc(-c2cc(O)c(F)c(F)c2)cc1)N1C[C@@H]2CCC[C@@H](C2)C1. The van der Waals surface area contributed by atoms with Gasteiger partial charge in [-0.05, 0) is 66.5 Å². The van der Waals surface area contributed by atoms with Crippen LogP contribution >= 0.6 is 0 Å². The number of aromatic hydroxyl groups is 1. The van der Waals surface area contributed by atoms with Gasteiger partial charge in [0.25, 0.3) is 5.91 Å². The van der Waals surface area contributed by atoms with Gasteiger partial charge in [-0.1, -0.05) is 18.6 Å². The maximum Gasteiger partial charge on any atom is 0.253 e. The van der Waals surface area contributed by atoms with Crippen molar-refractivity contribution in [3.05, 3.63) is 53.6 Å². The molecule has 0 radical (unpaired) electrons. The van der Waals surface area contributed by atoms with Crippen LogP contribution in [0.1, 0.15) is 36.0 Å². The fraction of sp³-hybridized carbons (Fsp3) is 0.381. The molecule has 3 nitrogen and oxygen atoms in total. The number of benzene rings is 2. The van der Waals surface area contributed by atoms with Crippen LogP contribution in [0.5, 0.6) is 5.75 Å². The number of piperidine rings is 1.